The van der Waals surface area contributed by atoms with E-state index in [4.69, 9.17) is 11.6 Å². The molecule has 2 N–H and O–H groups in total. The number of nitrogens with zero attached hydrogens (tertiary/aromatic N) is 3. The van der Waals surface area contributed by atoms with E-state index in [9.17, 15) is 0 Å². The highest BCUT2D eigenvalue weighted by Gasteiger charge is 2.11. The highest BCUT2D eigenvalue weighted by atomic mass is 127. The summed E-state index contributed by atoms with van der Waals surface area (Å²) in [6, 6.07) is 12.6. The molecule has 30 heavy (non-hydrogen) atoms. The first-order valence-electron chi connectivity index (χ1n) is 10.6. The van der Waals surface area contributed by atoms with Gasteiger partial charge in [0.15, 0.2) is 5.96 Å². The van der Waals surface area contributed by atoms with E-state index in [0.29, 0.717) is 5.15 Å². The first-order chi connectivity index (χ1) is 14.2. The van der Waals surface area contributed by atoms with Gasteiger partial charge in [-0.25, -0.2) is 4.98 Å². The Morgan fingerprint density at radius 2 is 1.77 bits per heavy atom. The lowest BCUT2D eigenvalue weighted by Gasteiger charge is -2.22. The van der Waals surface area contributed by atoms with Crippen LogP contribution in [-0.2, 0) is 19.5 Å². The van der Waals surface area contributed by atoms with Crippen molar-refractivity contribution in [2.24, 2.45) is 4.99 Å². The third-order valence-electron chi connectivity index (χ3n) is 5.38. The van der Waals surface area contributed by atoms with Crippen molar-refractivity contribution in [3.63, 3.8) is 0 Å². The van der Waals surface area contributed by atoms with Gasteiger partial charge in [-0.3, -0.25) is 9.89 Å². The van der Waals surface area contributed by atoms with Crippen molar-refractivity contribution in [3.05, 3.63) is 64.4 Å². The van der Waals surface area contributed by atoms with Crippen LogP contribution in [0, 0.1) is 0 Å². The van der Waals surface area contributed by atoms with E-state index < -0.39 is 0 Å². The molecule has 1 fully saturated rings. The summed E-state index contributed by atoms with van der Waals surface area (Å²) in [5.41, 5.74) is 3.89. The Balaban J connectivity index is 0.00000320. The van der Waals surface area contributed by atoms with Gasteiger partial charge in [0.2, 0.25) is 0 Å². The third kappa shape index (κ3) is 8.40. The average Bonchev–Trinajstić information content (AvgIpc) is 3.01. The SMILES string of the molecule is CN=C(NCCc1ccc(Cl)nc1)NCc1ccccc1CN1CCCCCC1.I. The minimum atomic E-state index is 0. The van der Waals surface area contributed by atoms with Crippen molar-refractivity contribution in [2.75, 3.05) is 26.7 Å². The Kier molecular flexibility index (Phi) is 11.5. The molecule has 0 spiro atoms. The van der Waals surface area contributed by atoms with Crippen LogP contribution in [0.4, 0.5) is 0 Å². The molecule has 0 aliphatic carbocycles. The van der Waals surface area contributed by atoms with E-state index in [2.05, 4.69) is 49.8 Å². The molecule has 0 unspecified atom stereocenters. The maximum absolute atomic E-state index is 5.84. The normalized spacial score (nSPS) is 15.2. The van der Waals surface area contributed by atoms with E-state index >= 15 is 0 Å². The number of halogens is 2. The molecule has 1 aliphatic rings. The molecule has 5 nitrogen and oxygen atoms in total. The van der Waals surface area contributed by atoms with Gasteiger partial charge in [0.1, 0.15) is 5.15 Å². The summed E-state index contributed by atoms with van der Waals surface area (Å²) >= 11 is 5.84. The zero-order chi connectivity index (χ0) is 20.3. The molecule has 7 heteroatoms. The highest BCUT2D eigenvalue weighted by molar-refractivity contribution is 14.0. The van der Waals surface area contributed by atoms with Gasteiger partial charge in [-0.1, -0.05) is 54.8 Å². The fourth-order valence-electron chi connectivity index (χ4n) is 3.70. The van der Waals surface area contributed by atoms with Gasteiger partial charge in [-0.15, -0.1) is 24.0 Å². The number of hydrogen-bond donors (Lipinski definition) is 2. The van der Waals surface area contributed by atoms with Crippen LogP contribution in [0.25, 0.3) is 0 Å². The topological polar surface area (TPSA) is 52.6 Å². The van der Waals surface area contributed by atoms with Crippen LogP contribution in [-0.4, -0.2) is 42.5 Å². The van der Waals surface area contributed by atoms with Crippen molar-refractivity contribution in [1.29, 1.82) is 0 Å². The van der Waals surface area contributed by atoms with E-state index in [1.165, 1.54) is 49.9 Å². The molecule has 0 atom stereocenters. The predicted molar refractivity (Wildman–Crippen MR) is 137 cm³/mol. The van der Waals surface area contributed by atoms with E-state index in [-0.39, 0.29) is 24.0 Å². The number of benzene rings is 1. The Labute approximate surface area is 202 Å². The first-order valence-corrected chi connectivity index (χ1v) is 11.0. The predicted octanol–water partition coefficient (Wildman–Crippen LogP) is 4.64. The second-order valence-corrected chi connectivity index (χ2v) is 7.94. The zero-order valence-electron chi connectivity index (χ0n) is 17.7. The Bertz CT molecular complexity index is 773. The number of nitrogens with one attached hydrogen (secondary N) is 2. The summed E-state index contributed by atoms with van der Waals surface area (Å²) in [6.07, 6.45) is 8.07. The number of hydrogen-bond acceptors (Lipinski definition) is 3. The number of pyridine rings is 1. The molecule has 1 aromatic heterocycles. The fraction of sp³-hybridized carbons (Fsp3) is 0.478. The average molecular weight is 542 g/mol. The van der Waals surface area contributed by atoms with Gasteiger partial charge in [0, 0.05) is 32.9 Å². The van der Waals surface area contributed by atoms with E-state index in [1.54, 1.807) is 0 Å². The lowest BCUT2D eigenvalue weighted by molar-refractivity contribution is 0.276. The lowest BCUT2D eigenvalue weighted by Crippen LogP contribution is -2.38. The number of likely N-dealkylation sites (tertiary alicyclic amines) is 1. The molecule has 0 radical (unpaired) electrons. The van der Waals surface area contributed by atoms with Gasteiger partial charge in [0.25, 0.3) is 0 Å². The second kappa shape index (κ2) is 13.8. The maximum atomic E-state index is 5.84. The van der Waals surface area contributed by atoms with Crippen LogP contribution >= 0.6 is 35.6 Å². The minimum Gasteiger partial charge on any atom is -0.356 e. The molecule has 0 bridgehead atoms. The van der Waals surface area contributed by atoms with Crippen LogP contribution in [0.3, 0.4) is 0 Å². The lowest BCUT2D eigenvalue weighted by atomic mass is 10.1. The van der Waals surface area contributed by atoms with E-state index in [1.807, 2.05) is 25.4 Å². The molecular weight excluding hydrogens is 509 g/mol. The standard InChI is InChI=1S/C23H32ClN5.HI/c1-25-23(26-13-12-19-10-11-22(24)27-16-19)28-17-20-8-4-5-9-21(20)18-29-14-6-2-3-7-15-29;/h4-5,8-11,16H,2-3,6-7,12-15,17-18H2,1H3,(H2,25,26,28);1H. The summed E-state index contributed by atoms with van der Waals surface area (Å²) in [5, 5.41) is 7.36. The molecule has 1 aromatic carbocycles. The summed E-state index contributed by atoms with van der Waals surface area (Å²) in [7, 11) is 1.81. The molecule has 1 saturated heterocycles. The number of aliphatic imine (C=N–C) groups is 1. The molecule has 3 rings (SSSR count). The smallest absolute Gasteiger partial charge is 0.191 e. The van der Waals surface area contributed by atoms with Crippen LogP contribution in [0.2, 0.25) is 5.15 Å². The number of guanidine groups is 1. The minimum absolute atomic E-state index is 0. The largest absolute Gasteiger partial charge is 0.356 e. The van der Waals surface area contributed by atoms with Crippen molar-refractivity contribution in [3.8, 4) is 0 Å². The van der Waals surface area contributed by atoms with Crippen molar-refractivity contribution >= 4 is 41.5 Å². The second-order valence-electron chi connectivity index (χ2n) is 7.55. The fourth-order valence-corrected chi connectivity index (χ4v) is 3.81. The quantitative estimate of drug-likeness (QED) is 0.232. The molecule has 2 heterocycles. The van der Waals surface area contributed by atoms with Gasteiger partial charge in [0.05, 0.1) is 0 Å². The Hall–Kier alpha value is -1.38. The summed E-state index contributed by atoms with van der Waals surface area (Å²) in [5.74, 6) is 0.816. The van der Waals surface area contributed by atoms with Crippen LogP contribution < -0.4 is 10.6 Å². The number of rotatable bonds is 7. The highest BCUT2D eigenvalue weighted by Crippen LogP contribution is 2.16. The summed E-state index contributed by atoms with van der Waals surface area (Å²) in [4.78, 5) is 11.1. The molecule has 164 valence electrons. The molecule has 2 aromatic rings. The Morgan fingerprint density at radius 3 is 2.43 bits per heavy atom. The maximum Gasteiger partial charge on any atom is 0.191 e. The van der Waals surface area contributed by atoms with Gasteiger partial charge in [-0.2, -0.15) is 0 Å². The van der Waals surface area contributed by atoms with Crippen LogP contribution in [0.15, 0.2) is 47.6 Å². The molecule has 0 amide bonds. The van der Waals surface area contributed by atoms with Crippen molar-refractivity contribution < 1.29 is 0 Å². The molecule has 0 saturated carbocycles. The van der Waals surface area contributed by atoms with Crippen LogP contribution in [0.1, 0.15) is 42.4 Å². The summed E-state index contributed by atoms with van der Waals surface area (Å²) in [6.45, 7) is 5.02. The third-order valence-corrected chi connectivity index (χ3v) is 5.60. The van der Waals surface area contributed by atoms with Gasteiger partial charge in [-0.05, 0) is 55.1 Å². The number of aromatic nitrogens is 1. The zero-order valence-corrected chi connectivity index (χ0v) is 20.8. The van der Waals surface area contributed by atoms with Crippen molar-refractivity contribution in [1.82, 2.24) is 20.5 Å². The van der Waals surface area contributed by atoms with Gasteiger partial charge < -0.3 is 10.6 Å². The summed E-state index contributed by atoms with van der Waals surface area (Å²) < 4.78 is 0. The van der Waals surface area contributed by atoms with E-state index in [0.717, 1.165) is 37.6 Å². The van der Waals surface area contributed by atoms with Gasteiger partial charge >= 0.3 is 0 Å². The Morgan fingerprint density at radius 1 is 1.03 bits per heavy atom. The molecular formula is C23H33ClIN5. The molecule has 1 aliphatic heterocycles. The van der Waals surface area contributed by atoms with Crippen molar-refractivity contribution in [2.45, 2.75) is 45.2 Å². The van der Waals surface area contributed by atoms with Crippen LogP contribution in [0.5, 0.6) is 0 Å². The monoisotopic (exact) mass is 541 g/mol. The first kappa shape index (κ1) is 24.9.